The Kier molecular flexibility index (Phi) is 4.80. The third-order valence-corrected chi connectivity index (χ3v) is 3.57. The number of nitrogens with one attached hydrogen (secondary N) is 1. The first-order chi connectivity index (χ1) is 9.26. The first-order valence-corrected chi connectivity index (χ1v) is 6.98. The molecular formula is C15H22N2O2. The van der Waals surface area contributed by atoms with Crippen molar-refractivity contribution in [1.29, 1.82) is 0 Å². The quantitative estimate of drug-likeness (QED) is 0.853. The number of benzene rings is 1. The molecule has 0 saturated carbocycles. The van der Waals surface area contributed by atoms with Gasteiger partial charge in [0.25, 0.3) is 0 Å². The van der Waals surface area contributed by atoms with Crippen molar-refractivity contribution in [2.75, 3.05) is 13.2 Å². The molecule has 4 nitrogen and oxygen atoms in total. The highest BCUT2D eigenvalue weighted by Crippen LogP contribution is 2.31. The van der Waals surface area contributed by atoms with Crippen molar-refractivity contribution in [2.24, 2.45) is 11.7 Å². The van der Waals surface area contributed by atoms with E-state index in [1.807, 2.05) is 24.3 Å². The van der Waals surface area contributed by atoms with E-state index in [-0.39, 0.29) is 17.9 Å². The summed E-state index contributed by atoms with van der Waals surface area (Å²) in [7, 11) is 0. The minimum Gasteiger partial charge on any atom is -0.493 e. The summed E-state index contributed by atoms with van der Waals surface area (Å²) in [5.41, 5.74) is 6.74. The van der Waals surface area contributed by atoms with Crippen molar-refractivity contribution in [3.63, 3.8) is 0 Å². The molecular weight excluding hydrogens is 240 g/mol. The molecule has 3 N–H and O–H groups in total. The number of amides is 1. The van der Waals surface area contributed by atoms with Gasteiger partial charge in [0.2, 0.25) is 5.91 Å². The van der Waals surface area contributed by atoms with E-state index in [1.165, 1.54) is 0 Å². The Hall–Kier alpha value is -1.55. The Balaban J connectivity index is 2.06. The monoisotopic (exact) mass is 262 g/mol. The summed E-state index contributed by atoms with van der Waals surface area (Å²) in [5.74, 6) is 0.852. The van der Waals surface area contributed by atoms with Gasteiger partial charge in [-0.15, -0.1) is 0 Å². The van der Waals surface area contributed by atoms with Crippen molar-refractivity contribution in [3.05, 3.63) is 29.8 Å². The van der Waals surface area contributed by atoms with Gasteiger partial charge >= 0.3 is 0 Å². The number of carbonyl (C=O) groups is 1. The lowest BCUT2D eigenvalue weighted by atomic mass is 9.98. The molecule has 104 valence electrons. The van der Waals surface area contributed by atoms with Crippen molar-refractivity contribution in [3.8, 4) is 5.75 Å². The zero-order valence-electron chi connectivity index (χ0n) is 11.4. The molecule has 0 bridgehead atoms. The largest absolute Gasteiger partial charge is 0.493 e. The number of para-hydroxylation sites is 1. The van der Waals surface area contributed by atoms with Gasteiger partial charge in [0, 0.05) is 18.5 Å². The third kappa shape index (κ3) is 3.26. The van der Waals surface area contributed by atoms with Crippen LogP contribution in [0.2, 0.25) is 0 Å². The van der Waals surface area contributed by atoms with Gasteiger partial charge in [0.05, 0.1) is 18.6 Å². The van der Waals surface area contributed by atoms with Gasteiger partial charge in [-0.3, -0.25) is 4.79 Å². The van der Waals surface area contributed by atoms with Gasteiger partial charge in [0.15, 0.2) is 0 Å². The number of carbonyl (C=O) groups excluding carboxylic acids is 1. The highest BCUT2D eigenvalue weighted by molar-refractivity contribution is 5.79. The minimum absolute atomic E-state index is 0.0448. The van der Waals surface area contributed by atoms with Crippen LogP contribution in [-0.2, 0) is 4.79 Å². The Morgan fingerprint density at radius 3 is 3.05 bits per heavy atom. The summed E-state index contributed by atoms with van der Waals surface area (Å²) < 4.78 is 5.59. The maximum Gasteiger partial charge on any atom is 0.224 e. The Morgan fingerprint density at radius 1 is 1.53 bits per heavy atom. The van der Waals surface area contributed by atoms with Gasteiger partial charge < -0.3 is 15.8 Å². The number of ether oxygens (including phenoxy) is 1. The fraction of sp³-hybridized carbons (Fsp3) is 0.533. The molecule has 1 aromatic rings. The fourth-order valence-electron chi connectivity index (χ4n) is 2.49. The van der Waals surface area contributed by atoms with Gasteiger partial charge in [-0.2, -0.15) is 0 Å². The molecule has 1 aliphatic rings. The summed E-state index contributed by atoms with van der Waals surface area (Å²) in [6.07, 6.45) is 2.62. The summed E-state index contributed by atoms with van der Waals surface area (Å²) >= 11 is 0. The Bertz CT molecular complexity index is 434. The molecule has 0 aromatic heterocycles. The van der Waals surface area contributed by atoms with E-state index in [2.05, 4.69) is 12.2 Å². The maximum absolute atomic E-state index is 12.2. The molecule has 2 rings (SSSR count). The SMILES string of the molecule is CCCC(CN)C(=O)NC1CCOc2ccccc21. The highest BCUT2D eigenvalue weighted by atomic mass is 16.5. The second-order valence-electron chi connectivity index (χ2n) is 4.96. The first kappa shape index (κ1) is 13.9. The van der Waals surface area contributed by atoms with E-state index in [1.54, 1.807) is 0 Å². The molecule has 0 radical (unpaired) electrons. The summed E-state index contributed by atoms with van der Waals surface area (Å²) in [4.78, 5) is 12.2. The zero-order valence-corrected chi connectivity index (χ0v) is 11.4. The summed E-state index contributed by atoms with van der Waals surface area (Å²) in [6, 6.07) is 7.92. The lowest BCUT2D eigenvalue weighted by Gasteiger charge is -2.28. The minimum atomic E-state index is -0.0833. The number of hydrogen-bond acceptors (Lipinski definition) is 3. The van der Waals surface area contributed by atoms with Crippen LogP contribution in [0.3, 0.4) is 0 Å². The van der Waals surface area contributed by atoms with Crippen molar-refractivity contribution in [2.45, 2.75) is 32.2 Å². The number of nitrogens with two attached hydrogens (primary N) is 1. The summed E-state index contributed by atoms with van der Waals surface area (Å²) in [6.45, 7) is 3.12. The lowest BCUT2D eigenvalue weighted by molar-refractivity contribution is -0.125. The van der Waals surface area contributed by atoms with Crippen molar-refractivity contribution < 1.29 is 9.53 Å². The molecule has 0 aliphatic carbocycles. The Morgan fingerprint density at radius 2 is 2.32 bits per heavy atom. The van der Waals surface area contributed by atoms with Gasteiger partial charge in [-0.25, -0.2) is 0 Å². The number of rotatable bonds is 5. The second-order valence-corrected chi connectivity index (χ2v) is 4.96. The van der Waals surface area contributed by atoms with Crippen LogP contribution in [0.15, 0.2) is 24.3 Å². The molecule has 0 spiro atoms. The topological polar surface area (TPSA) is 64.4 Å². The van der Waals surface area contributed by atoms with E-state index in [0.717, 1.165) is 30.6 Å². The molecule has 19 heavy (non-hydrogen) atoms. The molecule has 2 atom stereocenters. The van der Waals surface area contributed by atoms with Crippen molar-refractivity contribution in [1.82, 2.24) is 5.32 Å². The predicted octanol–water partition coefficient (Wildman–Crippen LogP) is 2.00. The van der Waals surface area contributed by atoms with Crippen LogP contribution in [0.25, 0.3) is 0 Å². The van der Waals surface area contributed by atoms with E-state index in [4.69, 9.17) is 10.5 Å². The molecule has 0 saturated heterocycles. The smallest absolute Gasteiger partial charge is 0.224 e. The molecule has 0 fully saturated rings. The Labute approximate surface area is 114 Å². The molecule has 1 aromatic carbocycles. The zero-order chi connectivity index (χ0) is 13.7. The summed E-state index contributed by atoms with van der Waals surface area (Å²) in [5, 5.41) is 3.11. The van der Waals surface area contributed by atoms with Crippen molar-refractivity contribution >= 4 is 5.91 Å². The van der Waals surface area contributed by atoms with Gasteiger partial charge in [-0.1, -0.05) is 31.5 Å². The molecule has 4 heteroatoms. The van der Waals surface area contributed by atoms with Gasteiger partial charge in [0.1, 0.15) is 5.75 Å². The molecule has 1 heterocycles. The van der Waals surface area contributed by atoms with Crippen LogP contribution in [0.4, 0.5) is 0 Å². The van der Waals surface area contributed by atoms with Crippen LogP contribution in [0.5, 0.6) is 5.75 Å². The van der Waals surface area contributed by atoms with Crippen LogP contribution in [0, 0.1) is 5.92 Å². The van der Waals surface area contributed by atoms with E-state index >= 15 is 0 Å². The van der Waals surface area contributed by atoms with E-state index in [9.17, 15) is 4.79 Å². The fourth-order valence-corrected chi connectivity index (χ4v) is 2.49. The van der Waals surface area contributed by atoms with E-state index in [0.29, 0.717) is 13.2 Å². The normalized spacial score (nSPS) is 19.2. The first-order valence-electron chi connectivity index (χ1n) is 6.98. The van der Waals surface area contributed by atoms with Crippen LogP contribution in [-0.4, -0.2) is 19.1 Å². The predicted molar refractivity (Wildman–Crippen MR) is 74.9 cm³/mol. The standard InChI is InChI=1S/C15H22N2O2/c1-2-5-11(10-16)15(18)17-13-8-9-19-14-7-4-3-6-12(13)14/h3-4,6-7,11,13H,2,5,8-10,16H2,1H3,(H,17,18). The number of fused-ring (bicyclic) bond motifs is 1. The van der Waals surface area contributed by atoms with E-state index < -0.39 is 0 Å². The van der Waals surface area contributed by atoms with Crippen LogP contribution < -0.4 is 15.8 Å². The third-order valence-electron chi connectivity index (χ3n) is 3.57. The maximum atomic E-state index is 12.2. The van der Waals surface area contributed by atoms with Crippen LogP contribution >= 0.6 is 0 Å². The lowest BCUT2D eigenvalue weighted by Crippen LogP contribution is -2.38. The van der Waals surface area contributed by atoms with Gasteiger partial charge in [-0.05, 0) is 12.5 Å². The average molecular weight is 262 g/mol. The number of hydrogen-bond donors (Lipinski definition) is 2. The molecule has 1 amide bonds. The highest BCUT2D eigenvalue weighted by Gasteiger charge is 2.25. The average Bonchev–Trinajstić information content (AvgIpc) is 2.45. The second kappa shape index (κ2) is 6.57. The molecule has 2 unspecified atom stereocenters. The van der Waals surface area contributed by atoms with Crippen LogP contribution in [0.1, 0.15) is 37.8 Å². The molecule has 1 aliphatic heterocycles.